The molecule has 0 saturated carbocycles. The van der Waals surface area contributed by atoms with Crippen LogP contribution in [0.1, 0.15) is 20.3 Å². The molecule has 7 nitrogen and oxygen atoms in total. The van der Waals surface area contributed by atoms with Gasteiger partial charge >= 0.3 is 18.0 Å². The van der Waals surface area contributed by atoms with Crippen molar-refractivity contribution < 1.29 is 28.6 Å². The summed E-state index contributed by atoms with van der Waals surface area (Å²) in [5.41, 5.74) is -0.407. The van der Waals surface area contributed by atoms with Crippen molar-refractivity contribution in [2.75, 3.05) is 5.32 Å². The van der Waals surface area contributed by atoms with E-state index < -0.39 is 35.5 Å². The second kappa shape index (κ2) is 8.52. The average Bonchev–Trinajstić information content (AvgIpc) is 2.49. The Hall–Kier alpha value is -2.90. The minimum absolute atomic E-state index is 0.302. The fourth-order valence-corrected chi connectivity index (χ4v) is 1.38. The number of ether oxygens (including phenoxy) is 1. The number of esters is 1. The molecule has 0 aliphatic heterocycles. The Morgan fingerprint density at radius 3 is 2.43 bits per heavy atom. The van der Waals surface area contributed by atoms with Crippen LogP contribution in [0.5, 0.6) is 0 Å². The first-order valence-electron chi connectivity index (χ1n) is 6.81. The lowest BCUT2D eigenvalue weighted by Crippen LogP contribution is -2.27. The molecule has 1 atom stereocenters. The Bertz CT molecular complexity index is 613. The number of hydrogen-bond donors (Lipinski definition) is 3. The number of carboxylic acids is 1. The van der Waals surface area contributed by atoms with E-state index in [2.05, 4.69) is 10.6 Å². The fourth-order valence-electron chi connectivity index (χ4n) is 1.38. The molecule has 1 aromatic rings. The lowest BCUT2D eigenvalue weighted by molar-refractivity contribution is -0.147. The predicted molar refractivity (Wildman–Crippen MR) is 80.1 cm³/mol. The molecule has 0 aromatic heterocycles. The lowest BCUT2D eigenvalue weighted by atomic mass is 10.2. The Balaban J connectivity index is 2.69. The Labute approximate surface area is 132 Å². The highest BCUT2D eigenvalue weighted by Crippen LogP contribution is 2.08. The van der Waals surface area contributed by atoms with Crippen molar-refractivity contribution >= 4 is 23.7 Å². The van der Waals surface area contributed by atoms with E-state index in [1.807, 2.05) is 0 Å². The normalized spacial score (nSPS) is 12.2. The number of nitrogens with one attached hydrogen (secondary N) is 2. The van der Waals surface area contributed by atoms with Crippen LogP contribution >= 0.6 is 0 Å². The van der Waals surface area contributed by atoms with Gasteiger partial charge in [-0.15, -0.1) is 0 Å². The maximum absolute atomic E-state index is 12.7. The van der Waals surface area contributed by atoms with Crippen LogP contribution in [0, 0.1) is 5.82 Å². The van der Waals surface area contributed by atoms with Crippen molar-refractivity contribution in [3.63, 3.8) is 0 Å². The molecular formula is C15H17FN2O5. The van der Waals surface area contributed by atoms with E-state index in [1.165, 1.54) is 12.1 Å². The van der Waals surface area contributed by atoms with E-state index in [9.17, 15) is 18.8 Å². The monoisotopic (exact) mass is 324 g/mol. The van der Waals surface area contributed by atoms with Gasteiger partial charge in [0, 0.05) is 11.9 Å². The summed E-state index contributed by atoms with van der Waals surface area (Å²) in [5.74, 6) is -3.04. The number of hydrogen-bond acceptors (Lipinski definition) is 4. The maximum Gasteiger partial charge on any atom is 0.347 e. The molecule has 1 aromatic carbocycles. The summed E-state index contributed by atoms with van der Waals surface area (Å²) in [6, 6.07) is 4.17. The minimum Gasteiger partial charge on any atom is -0.477 e. The van der Waals surface area contributed by atoms with E-state index in [4.69, 9.17) is 9.84 Å². The first kappa shape index (κ1) is 18.1. The largest absolute Gasteiger partial charge is 0.477 e. The Morgan fingerprint density at radius 1 is 1.30 bits per heavy atom. The molecule has 0 fully saturated rings. The first-order valence-corrected chi connectivity index (χ1v) is 6.81. The first-order chi connectivity index (χ1) is 10.8. The highest BCUT2D eigenvalue weighted by molar-refractivity contribution is 6.13. The van der Waals surface area contributed by atoms with Gasteiger partial charge in [0.05, 0.1) is 6.10 Å². The predicted octanol–water partition coefficient (Wildman–Crippen LogP) is 2.26. The van der Waals surface area contributed by atoms with Crippen LogP contribution in [-0.2, 0) is 14.3 Å². The van der Waals surface area contributed by atoms with Crippen molar-refractivity contribution in [1.82, 2.24) is 5.32 Å². The molecule has 1 unspecified atom stereocenters. The van der Waals surface area contributed by atoms with Crippen LogP contribution in [0.3, 0.4) is 0 Å². The number of benzene rings is 1. The number of amides is 2. The van der Waals surface area contributed by atoms with Gasteiger partial charge in [-0.25, -0.2) is 18.8 Å². The molecule has 0 aliphatic carbocycles. The number of aliphatic carboxylic acids is 1. The number of carbonyl (C=O) groups excluding carboxylic acids is 2. The highest BCUT2D eigenvalue weighted by atomic mass is 19.1. The molecule has 3 N–H and O–H groups in total. The van der Waals surface area contributed by atoms with Gasteiger partial charge in [-0.05, 0) is 37.6 Å². The summed E-state index contributed by atoms with van der Waals surface area (Å²) in [6.45, 7) is 3.39. The summed E-state index contributed by atoms with van der Waals surface area (Å²) in [4.78, 5) is 34.3. The van der Waals surface area contributed by atoms with Crippen molar-refractivity contribution in [2.45, 2.75) is 26.4 Å². The molecular weight excluding hydrogens is 307 g/mol. The van der Waals surface area contributed by atoms with Gasteiger partial charge in [0.1, 0.15) is 5.82 Å². The standard InChI is InChI=1S/C15H17FN2O5/c1-3-9(2)23-14(21)12(13(19)20)8-17-15(22)18-11-6-4-10(16)5-7-11/h4-9H,3H2,1-2H3,(H,19,20)(H2,17,18,22). The molecule has 0 spiro atoms. The number of rotatable bonds is 6. The van der Waals surface area contributed by atoms with Gasteiger partial charge in [0.2, 0.25) is 0 Å². The molecule has 0 bridgehead atoms. The highest BCUT2D eigenvalue weighted by Gasteiger charge is 2.21. The molecule has 0 saturated heterocycles. The van der Waals surface area contributed by atoms with Crippen molar-refractivity contribution in [2.24, 2.45) is 0 Å². The third-order valence-electron chi connectivity index (χ3n) is 2.78. The molecule has 0 aliphatic rings. The van der Waals surface area contributed by atoms with Crippen molar-refractivity contribution in [1.29, 1.82) is 0 Å². The van der Waals surface area contributed by atoms with Gasteiger partial charge in [-0.3, -0.25) is 0 Å². The van der Waals surface area contributed by atoms with E-state index in [-0.39, 0.29) is 0 Å². The van der Waals surface area contributed by atoms with E-state index in [1.54, 1.807) is 13.8 Å². The average molecular weight is 324 g/mol. The summed E-state index contributed by atoms with van der Waals surface area (Å²) >= 11 is 0. The van der Waals surface area contributed by atoms with Crippen molar-refractivity contribution in [3.8, 4) is 0 Å². The van der Waals surface area contributed by atoms with E-state index >= 15 is 0 Å². The number of urea groups is 1. The Morgan fingerprint density at radius 2 is 1.91 bits per heavy atom. The molecule has 8 heteroatoms. The van der Waals surface area contributed by atoms with Crippen LogP contribution in [-0.4, -0.2) is 29.2 Å². The zero-order chi connectivity index (χ0) is 17.4. The van der Waals surface area contributed by atoms with E-state index in [0.29, 0.717) is 12.1 Å². The van der Waals surface area contributed by atoms with Crippen LogP contribution in [0.15, 0.2) is 36.0 Å². The second-order valence-electron chi connectivity index (χ2n) is 4.59. The molecule has 0 heterocycles. The summed E-state index contributed by atoms with van der Waals surface area (Å²) in [5, 5.41) is 13.4. The van der Waals surface area contributed by atoms with Crippen LogP contribution < -0.4 is 10.6 Å². The zero-order valence-electron chi connectivity index (χ0n) is 12.6. The van der Waals surface area contributed by atoms with Crippen LogP contribution in [0.4, 0.5) is 14.9 Å². The SMILES string of the molecule is CCC(C)OC(=O)C(=CNC(=O)Nc1ccc(F)cc1)C(=O)O. The van der Waals surface area contributed by atoms with Crippen LogP contribution in [0.2, 0.25) is 0 Å². The zero-order valence-corrected chi connectivity index (χ0v) is 12.6. The molecule has 1 rings (SSSR count). The Kier molecular flexibility index (Phi) is 6.72. The summed E-state index contributed by atoms with van der Waals surface area (Å²) < 4.78 is 17.6. The molecule has 2 amide bonds. The molecule has 124 valence electrons. The summed E-state index contributed by atoms with van der Waals surface area (Å²) in [6.07, 6.45) is 0.821. The van der Waals surface area contributed by atoms with Crippen LogP contribution in [0.25, 0.3) is 0 Å². The van der Waals surface area contributed by atoms with E-state index in [0.717, 1.165) is 18.3 Å². The second-order valence-corrected chi connectivity index (χ2v) is 4.59. The molecule has 23 heavy (non-hydrogen) atoms. The lowest BCUT2D eigenvalue weighted by Gasteiger charge is -2.11. The number of carbonyl (C=O) groups is 3. The van der Waals surface area contributed by atoms with Gasteiger partial charge in [0.15, 0.2) is 5.57 Å². The number of carboxylic acid groups (broad SMARTS) is 1. The summed E-state index contributed by atoms with van der Waals surface area (Å²) in [7, 11) is 0. The third-order valence-corrected chi connectivity index (χ3v) is 2.78. The smallest absolute Gasteiger partial charge is 0.347 e. The number of halogens is 1. The van der Waals surface area contributed by atoms with Gasteiger partial charge in [-0.2, -0.15) is 0 Å². The van der Waals surface area contributed by atoms with Crippen molar-refractivity contribution in [3.05, 3.63) is 41.9 Å². The van der Waals surface area contributed by atoms with Gasteiger partial charge in [-0.1, -0.05) is 6.92 Å². The maximum atomic E-state index is 12.7. The topological polar surface area (TPSA) is 105 Å². The van der Waals surface area contributed by atoms with Gasteiger partial charge in [0.25, 0.3) is 0 Å². The van der Waals surface area contributed by atoms with Gasteiger partial charge < -0.3 is 20.5 Å². The minimum atomic E-state index is -1.53. The third kappa shape index (κ3) is 6.16. The molecule has 0 radical (unpaired) electrons. The quantitative estimate of drug-likeness (QED) is 0.322. The number of anilines is 1. The fraction of sp³-hybridized carbons (Fsp3) is 0.267.